The van der Waals surface area contributed by atoms with Gasteiger partial charge in [0.1, 0.15) is 5.75 Å². The third kappa shape index (κ3) is 5.10. The molecule has 0 aliphatic carbocycles. The van der Waals surface area contributed by atoms with E-state index in [9.17, 15) is 9.59 Å². The molecule has 0 saturated carbocycles. The molecule has 0 atom stereocenters. The number of benzene rings is 3. The van der Waals surface area contributed by atoms with Crippen LogP contribution < -0.4 is 10.1 Å². The molecule has 0 unspecified atom stereocenters. The second kappa shape index (κ2) is 9.32. The van der Waals surface area contributed by atoms with Crippen LogP contribution in [0.3, 0.4) is 0 Å². The Morgan fingerprint density at radius 1 is 0.839 bits per heavy atom. The molecule has 0 saturated heterocycles. The first kappa shape index (κ1) is 19.8. The van der Waals surface area contributed by atoms with Crippen LogP contribution in [0.4, 0.5) is 6.01 Å². The van der Waals surface area contributed by atoms with Crippen LogP contribution in [0.5, 0.6) is 5.75 Å². The van der Waals surface area contributed by atoms with Crippen molar-refractivity contribution in [3.63, 3.8) is 0 Å². The number of carbonyl (C=O) groups is 2. The summed E-state index contributed by atoms with van der Waals surface area (Å²) in [6, 6.07) is 24.8. The van der Waals surface area contributed by atoms with Crippen molar-refractivity contribution < 1.29 is 18.7 Å². The van der Waals surface area contributed by atoms with Crippen LogP contribution in [0.25, 0.3) is 17.5 Å². The Balaban J connectivity index is 1.42. The van der Waals surface area contributed by atoms with Gasteiger partial charge in [-0.3, -0.25) is 10.1 Å². The van der Waals surface area contributed by atoms with E-state index in [1.807, 2.05) is 36.4 Å². The molecule has 0 radical (unpaired) electrons. The predicted octanol–water partition coefficient (Wildman–Crippen LogP) is 4.61. The van der Waals surface area contributed by atoms with E-state index in [1.165, 1.54) is 12.2 Å². The monoisotopic (exact) mass is 411 g/mol. The summed E-state index contributed by atoms with van der Waals surface area (Å²) < 4.78 is 10.9. The lowest BCUT2D eigenvalue weighted by atomic mass is 10.2. The van der Waals surface area contributed by atoms with Gasteiger partial charge in [0.15, 0.2) is 0 Å². The van der Waals surface area contributed by atoms with Crippen molar-refractivity contribution in [3.05, 3.63) is 102 Å². The molecule has 0 aliphatic heterocycles. The molecule has 0 fully saturated rings. The van der Waals surface area contributed by atoms with Gasteiger partial charge in [0.05, 0.1) is 5.56 Å². The summed E-state index contributed by atoms with van der Waals surface area (Å²) in [7, 11) is 0. The highest BCUT2D eigenvalue weighted by atomic mass is 16.5. The summed E-state index contributed by atoms with van der Waals surface area (Å²) in [5.74, 6) is -0.305. The van der Waals surface area contributed by atoms with E-state index in [0.717, 1.165) is 5.56 Å². The van der Waals surface area contributed by atoms with Crippen LogP contribution in [-0.2, 0) is 4.79 Å². The van der Waals surface area contributed by atoms with Gasteiger partial charge in [0.25, 0.3) is 5.91 Å². The number of para-hydroxylation sites is 1. The minimum Gasteiger partial charge on any atom is -0.422 e. The number of rotatable bonds is 6. The zero-order valence-electron chi connectivity index (χ0n) is 16.3. The molecule has 3 aromatic carbocycles. The number of carbonyl (C=O) groups excluding carboxylic acids is 2. The van der Waals surface area contributed by atoms with E-state index >= 15 is 0 Å². The van der Waals surface area contributed by atoms with E-state index in [2.05, 4.69) is 15.5 Å². The SMILES string of the molecule is O=C(/C=C/c1ccccc1OC(=O)c1ccccc1)Nc1nnc(-c2ccccc2)o1. The highest BCUT2D eigenvalue weighted by Crippen LogP contribution is 2.22. The molecule has 1 N–H and O–H groups in total. The van der Waals surface area contributed by atoms with E-state index in [0.29, 0.717) is 22.8 Å². The van der Waals surface area contributed by atoms with Crippen LogP contribution in [-0.4, -0.2) is 22.1 Å². The molecular formula is C24H17N3O4. The van der Waals surface area contributed by atoms with Gasteiger partial charge in [-0.05, 0) is 36.4 Å². The Morgan fingerprint density at radius 3 is 2.29 bits per heavy atom. The Hall–Kier alpha value is -4.52. The number of nitrogens with zero attached hydrogens (tertiary/aromatic N) is 2. The average Bonchev–Trinajstić information content (AvgIpc) is 3.28. The van der Waals surface area contributed by atoms with Crippen LogP contribution in [0.2, 0.25) is 0 Å². The summed E-state index contributed by atoms with van der Waals surface area (Å²) in [6.07, 6.45) is 2.83. The van der Waals surface area contributed by atoms with Crippen molar-refractivity contribution in [2.75, 3.05) is 5.32 Å². The third-order valence-corrected chi connectivity index (χ3v) is 4.22. The summed E-state index contributed by atoms with van der Waals surface area (Å²) in [5, 5.41) is 10.3. The normalized spacial score (nSPS) is 10.7. The summed E-state index contributed by atoms with van der Waals surface area (Å²) in [5.41, 5.74) is 1.75. The quantitative estimate of drug-likeness (QED) is 0.283. The van der Waals surface area contributed by atoms with Gasteiger partial charge in [-0.15, -0.1) is 5.10 Å². The zero-order valence-corrected chi connectivity index (χ0v) is 16.3. The molecule has 1 aromatic heterocycles. The molecule has 152 valence electrons. The first-order valence-corrected chi connectivity index (χ1v) is 9.43. The Kier molecular flexibility index (Phi) is 5.95. The standard InChI is InChI=1S/C24H17N3O4/c28-21(25-24-27-26-22(31-24)18-10-3-1-4-11-18)16-15-17-9-7-8-14-20(17)30-23(29)19-12-5-2-6-13-19/h1-16H,(H,25,27,28)/b16-15+. The summed E-state index contributed by atoms with van der Waals surface area (Å²) in [4.78, 5) is 24.6. The maximum absolute atomic E-state index is 12.3. The summed E-state index contributed by atoms with van der Waals surface area (Å²) >= 11 is 0. The van der Waals surface area contributed by atoms with Gasteiger partial charge in [-0.2, -0.15) is 0 Å². The van der Waals surface area contributed by atoms with Gasteiger partial charge < -0.3 is 9.15 Å². The Bertz CT molecular complexity index is 1220. The largest absolute Gasteiger partial charge is 0.422 e. The third-order valence-electron chi connectivity index (χ3n) is 4.22. The van der Waals surface area contributed by atoms with Gasteiger partial charge in [0, 0.05) is 17.2 Å². The number of anilines is 1. The fourth-order valence-corrected chi connectivity index (χ4v) is 2.73. The van der Waals surface area contributed by atoms with Crippen molar-refractivity contribution in [3.8, 4) is 17.2 Å². The highest BCUT2D eigenvalue weighted by Gasteiger charge is 2.11. The molecule has 0 bridgehead atoms. The molecule has 31 heavy (non-hydrogen) atoms. The average molecular weight is 411 g/mol. The van der Waals surface area contributed by atoms with Crippen LogP contribution in [0, 0.1) is 0 Å². The maximum Gasteiger partial charge on any atom is 0.343 e. The minimum absolute atomic E-state index is 0.0164. The fraction of sp³-hybridized carbons (Fsp3) is 0. The molecule has 1 heterocycles. The lowest BCUT2D eigenvalue weighted by Gasteiger charge is -2.07. The number of amides is 1. The van der Waals surface area contributed by atoms with Crippen LogP contribution in [0.1, 0.15) is 15.9 Å². The maximum atomic E-state index is 12.3. The smallest absolute Gasteiger partial charge is 0.343 e. The molecule has 1 amide bonds. The lowest BCUT2D eigenvalue weighted by molar-refractivity contribution is -0.112. The number of hydrogen-bond acceptors (Lipinski definition) is 6. The molecule has 4 rings (SSSR count). The molecule has 7 nitrogen and oxygen atoms in total. The highest BCUT2D eigenvalue weighted by molar-refractivity contribution is 6.01. The number of ether oxygens (including phenoxy) is 1. The minimum atomic E-state index is -0.481. The van der Waals surface area contributed by atoms with Gasteiger partial charge >= 0.3 is 12.0 Å². The van der Waals surface area contributed by atoms with Gasteiger partial charge in [-0.1, -0.05) is 59.7 Å². The topological polar surface area (TPSA) is 94.3 Å². The number of aromatic nitrogens is 2. The first-order chi connectivity index (χ1) is 15.2. The zero-order chi connectivity index (χ0) is 21.5. The number of esters is 1. The molecule has 7 heteroatoms. The van der Waals surface area contributed by atoms with Crippen LogP contribution in [0.15, 0.2) is 95.4 Å². The summed E-state index contributed by atoms with van der Waals surface area (Å²) in [6.45, 7) is 0. The molecule has 4 aromatic rings. The first-order valence-electron chi connectivity index (χ1n) is 9.43. The van der Waals surface area contributed by atoms with E-state index < -0.39 is 11.9 Å². The number of nitrogens with one attached hydrogen (secondary N) is 1. The second-order valence-electron chi connectivity index (χ2n) is 6.39. The van der Waals surface area contributed by atoms with Crippen molar-refractivity contribution in [1.29, 1.82) is 0 Å². The predicted molar refractivity (Wildman–Crippen MR) is 115 cm³/mol. The molecular weight excluding hydrogens is 394 g/mol. The molecule has 0 spiro atoms. The van der Waals surface area contributed by atoms with E-state index in [-0.39, 0.29) is 6.01 Å². The van der Waals surface area contributed by atoms with Crippen molar-refractivity contribution in [2.45, 2.75) is 0 Å². The van der Waals surface area contributed by atoms with E-state index in [4.69, 9.17) is 9.15 Å². The van der Waals surface area contributed by atoms with E-state index in [1.54, 1.807) is 48.5 Å². The Morgan fingerprint density at radius 2 is 1.52 bits per heavy atom. The van der Waals surface area contributed by atoms with Crippen molar-refractivity contribution in [2.24, 2.45) is 0 Å². The lowest BCUT2D eigenvalue weighted by Crippen LogP contribution is -2.09. The fourth-order valence-electron chi connectivity index (χ4n) is 2.73. The van der Waals surface area contributed by atoms with Crippen molar-refractivity contribution >= 4 is 24.0 Å². The molecule has 0 aliphatic rings. The van der Waals surface area contributed by atoms with Gasteiger partial charge in [-0.25, -0.2) is 4.79 Å². The van der Waals surface area contributed by atoms with Crippen LogP contribution >= 0.6 is 0 Å². The number of hydrogen-bond donors (Lipinski definition) is 1. The van der Waals surface area contributed by atoms with Crippen molar-refractivity contribution in [1.82, 2.24) is 10.2 Å². The van der Waals surface area contributed by atoms with Gasteiger partial charge in [0.2, 0.25) is 5.89 Å². The second-order valence-corrected chi connectivity index (χ2v) is 6.39. The Labute approximate surface area is 178 Å².